The molecule has 0 aliphatic carbocycles. The van der Waals surface area contributed by atoms with Crippen LogP contribution in [-0.4, -0.2) is 11.5 Å². The number of halogens is 1. The molecule has 0 aromatic carbocycles. The first-order chi connectivity index (χ1) is 8.03. The second kappa shape index (κ2) is 6.85. The number of unbranched alkanes of at least 4 members (excludes halogenated alkanes) is 2. The van der Waals surface area contributed by atoms with E-state index in [-0.39, 0.29) is 0 Å². The molecule has 17 heavy (non-hydrogen) atoms. The molecule has 96 valence electrons. The van der Waals surface area contributed by atoms with Gasteiger partial charge in [0.2, 0.25) is 0 Å². The summed E-state index contributed by atoms with van der Waals surface area (Å²) >= 11 is 5.80. The summed E-state index contributed by atoms with van der Waals surface area (Å²) in [6, 6.07) is 3.78. The van der Waals surface area contributed by atoms with Crippen LogP contribution in [0.3, 0.4) is 0 Å². The Kier molecular flexibility index (Phi) is 5.76. The average Bonchev–Trinajstić information content (AvgIpc) is 2.29. The molecule has 0 radical (unpaired) electrons. The van der Waals surface area contributed by atoms with E-state index in [1.807, 2.05) is 12.1 Å². The van der Waals surface area contributed by atoms with Crippen LogP contribution in [0.25, 0.3) is 0 Å². The predicted octanol–water partition coefficient (Wildman–Crippen LogP) is 4.75. The van der Waals surface area contributed by atoms with Crippen molar-refractivity contribution < 1.29 is 0 Å². The zero-order valence-electron chi connectivity index (χ0n) is 11.1. The minimum absolute atomic E-state index is 0.316. The molecule has 0 bridgehead atoms. The quantitative estimate of drug-likeness (QED) is 0.710. The highest BCUT2D eigenvalue weighted by molar-refractivity contribution is 6.30. The Morgan fingerprint density at radius 2 is 2.06 bits per heavy atom. The fourth-order valence-electron chi connectivity index (χ4n) is 1.75. The van der Waals surface area contributed by atoms with Gasteiger partial charge in [0.05, 0.1) is 5.02 Å². The van der Waals surface area contributed by atoms with E-state index in [9.17, 15) is 0 Å². The number of rotatable bonds is 7. The van der Waals surface area contributed by atoms with Crippen LogP contribution in [0.4, 0.5) is 5.82 Å². The highest BCUT2D eigenvalue weighted by Gasteiger charge is 2.16. The lowest BCUT2D eigenvalue weighted by atomic mass is 9.87. The van der Waals surface area contributed by atoms with E-state index in [1.54, 1.807) is 6.20 Å². The second-order valence-corrected chi connectivity index (χ2v) is 5.77. The highest BCUT2D eigenvalue weighted by Crippen LogP contribution is 2.24. The van der Waals surface area contributed by atoms with Crippen LogP contribution in [0.1, 0.15) is 46.5 Å². The summed E-state index contributed by atoms with van der Waals surface area (Å²) < 4.78 is 0. The summed E-state index contributed by atoms with van der Waals surface area (Å²) in [6.07, 6.45) is 6.83. The Morgan fingerprint density at radius 3 is 2.65 bits per heavy atom. The first kappa shape index (κ1) is 14.3. The molecule has 2 nitrogen and oxygen atoms in total. The van der Waals surface area contributed by atoms with Crippen LogP contribution >= 0.6 is 11.6 Å². The summed E-state index contributed by atoms with van der Waals surface area (Å²) in [5.74, 6) is 0.901. The van der Waals surface area contributed by atoms with E-state index >= 15 is 0 Å². The number of hydrogen-bond donors (Lipinski definition) is 1. The molecule has 3 heteroatoms. The van der Waals surface area contributed by atoms with Crippen LogP contribution in [0, 0.1) is 5.41 Å². The zero-order chi connectivity index (χ0) is 12.7. The van der Waals surface area contributed by atoms with Gasteiger partial charge in [-0.1, -0.05) is 51.6 Å². The lowest BCUT2D eigenvalue weighted by Crippen LogP contribution is -2.23. The maximum atomic E-state index is 5.80. The van der Waals surface area contributed by atoms with E-state index < -0.39 is 0 Å². The number of nitrogens with one attached hydrogen (secondary N) is 1. The fourth-order valence-corrected chi connectivity index (χ4v) is 1.86. The smallest absolute Gasteiger partial charge is 0.126 e. The topological polar surface area (TPSA) is 24.9 Å². The Labute approximate surface area is 110 Å². The number of pyridine rings is 1. The Morgan fingerprint density at radius 1 is 1.29 bits per heavy atom. The molecular formula is C14H23ClN2. The van der Waals surface area contributed by atoms with Crippen LogP contribution in [0.5, 0.6) is 0 Å². The van der Waals surface area contributed by atoms with Crippen LogP contribution in [0.2, 0.25) is 5.02 Å². The third-order valence-corrected chi connectivity index (χ3v) is 3.16. The van der Waals surface area contributed by atoms with Crippen LogP contribution < -0.4 is 5.32 Å². The number of anilines is 1. The molecule has 1 aromatic heterocycles. The molecule has 0 unspecified atom stereocenters. The Bertz CT molecular complexity index is 319. The summed E-state index contributed by atoms with van der Waals surface area (Å²) in [5.41, 5.74) is 0.316. The highest BCUT2D eigenvalue weighted by atomic mass is 35.5. The normalized spacial score (nSPS) is 11.5. The molecular weight excluding hydrogens is 232 g/mol. The van der Waals surface area contributed by atoms with Crippen molar-refractivity contribution >= 4 is 17.4 Å². The van der Waals surface area contributed by atoms with E-state index in [2.05, 4.69) is 31.1 Å². The number of hydrogen-bond acceptors (Lipinski definition) is 2. The van der Waals surface area contributed by atoms with Crippen molar-refractivity contribution in [3.8, 4) is 0 Å². The molecule has 0 spiro atoms. The largest absolute Gasteiger partial charge is 0.370 e. The van der Waals surface area contributed by atoms with Gasteiger partial charge >= 0.3 is 0 Å². The van der Waals surface area contributed by atoms with E-state index in [0.717, 1.165) is 12.4 Å². The summed E-state index contributed by atoms with van der Waals surface area (Å²) in [5, 5.41) is 4.05. The van der Waals surface area contributed by atoms with Crippen molar-refractivity contribution in [3.05, 3.63) is 23.4 Å². The van der Waals surface area contributed by atoms with Crippen LogP contribution in [-0.2, 0) is 0 Å². The van der Waals surface area contributed by atoms with Gasteiger partial charge in [-0.15, -0.1) is 0 Å². The lowest BCUT2D eigenvalue weighted by Gasteiger charge is -2.25. The lowest BCUT2D eigenvalue weighted by molar-refractivity contribution is 0.342. The third kappa shape index (κ3) is 5.92. The van der Waals surface area contributed by atoms with Gasteiger partial charge in [-0.05, 0) is 24.0 Å². The maximum absolute atomic E-state index is 5.80. The summed E-state index contributed by atoms with van der Waals surface area (Å²) in [4.78, 5) is 4.23. The van der Waals surface area contributed by atoms with Gasteiger partial charge in [0.15, 0.2) is 0 Å². The van der Waals surface area contributed by atoms with Crippen molar-refractivity contribution in [1.82, 2.24) is 4.98 Å². The first-order valence-corrected chi connectivity index (χ1v) is 6.77. The zero-order valence-corrected chi connectivity index (χ0v) is 11.8. The monoisotopic (exact) mass is 254 g/mol. The van der Waals surface area contributed by atoms with Gasteiger partial charge in [-0.2, -0.15) is 0 Å². The van der Waals surface area contributed by atoms with Gasteiger partial charge in [-0.3, -0.25) is 0 Å². The molecule has 0 saturated carbocycles. The molecule has 0 fully saturated rings. The van der Waals surface area contributed by atoms with E-state index in [4.69, 9.17) is 11.6 Å². The Balaban J connectivity index is 2.35. The van der Waals surface area contributed by atoms with Crippen LogP contribution in [0.15, 0.2) is 18.3 Å². The fraction of sp³-hybridized carbons (Fsp3) is 0.643. The molecule has 0 aliphatic rings. The standard InChI is InChI=1S/C14H23ClN2/c1-4-5-6-9-14(2,3)11-17-13-8-7-12(15)10-16-13/h7-8,10H,4-6,9,11H2,1-3H3,(H,16,17). The third-order valence-electron chi connectivity index (χ3n) is 2.93. The number of aromatic nitrogens is 1. The molecule has 0 aliphatic heterocycles. The molecule has 1 heterocycles. The Hall–Kier alpha value is -0.760. The minimum Gasteiger partial charge on any atom is -0.370 e. The predicted molar refractivity (Wildman–Crippen MR) is 75.7 cm³/mol. The average molecular weight is 255 g/mol. The molecule has 0 amide bonds. The van der Waals surface area contributed by atoms with E-state index in [0.29, 0.717) is 10.4 Å². The van der Waals surface area contributed by atoms with Gasteiger partial charge in [0, 0.05) is 12.7 Å². The van der Waals surface area contributed by atoms with Gasteiger partial charge in [-0.25, -0.2) is 4.98 Å². The van der Waals surface area contributed by atoms with Gasteiger partial charge in [0.25, 0.3) is 0 Å². The summed E-state index contributed by atoms with van der Waals surface area (Å²) in [6.45, 7) is 7.78. The van der Waals surface area contributed by atoms with Crippen molar-refractivity contribution in [2.75, 3.05) is 11.9 Å². The molecule has 1 aromatic rings. The van der Waals surface area contributed by atoms with Gasteiger partial charge in [0.1, 0.15) is 5.82 Å². The van der Waals surface area contributed by atoms with Crippen molar-refractivity contribution in [2.24, 2.45) is 5.41 Å². The molecule has 0 atom stereocenters. The second-order valence-electron chi connectivity index (χ2n) is 5.34. The van der Waals surface area contributed by atoms with Crippen molar-refractivity contribution in [1.29, 1.82) is 0 Å². The van der Waals surface area contributed by atoms with E-state index in [1.165, 1.54) is 25.7 Å². The SMILES string of the molecule is CCCCCC(C)(C)CNc1ccc(Cl)cn1. The molecule has 0 saturated heterocycles. The maximum Gasteiger partial charge on any atom is 0.126 e. The van der Waals surface area contributed by atoms with Gasteiger partial charge < -0.3 is 5.32 Å². The minimum atomic E-state index is 0.316. The summed E-state index contributed by atoms with van der Waals surface area (Å²) in [7, 11) is 0. The number of nitrogens with zero attached hydrogens (tertiary/aromatic N) is 1. The molecule has 1 N–H and O–H groups in total. The first-order valence-electron chi connectivity index (χ1n) is 6.39. The van der Waals surface area contributed by atoms with Crippen molar-refractivity contribution in [3.63, 3.8) is 0 Å². The molecule has 1 rings (SSSR count). The van der Waals surface area contributed by atoms with Crippen molar-refractivity contribution in [2.45, 2.75) is 46.5 Å².